The van der Waals surface area contributed by atoms with Gasteiger partial charge < -0.3 is 14.2 Å². The Hall–Kier alpha value is -2.86. The maximum atomic E-state index is 14.3. The molecule has 0 unspecified atom stereocenters. The second-order valence-corrected chi connectivity index (χ2v) is 6.49. The Bertz CT molecular complexity index is 944. The molecule has 3 rings (SSSR count). The third kappa shape index (κ3) is 4.65. The normalized spacial score (nSPS) is 10.3. The smallest absolute Gasteiger partial charge is 0.344 e. The summed E-state index contributed by atoms with van der Waals surface area (Å²) in [7, 11) is 1.19. The summed E-state index contributed by atoms with van der Waals surface area (Å²) >= 11 is 3.21. The van der Waals surface area contributed by atoms with Crippen molar-refractivity contribution in [2.75, 3.05) is 7.11 Å². The molecule has 0 aliphatic rings. The minimum atomic E-state index is -0.822. The minimum Gasteiger partial charge on any atom is -0.485 e. The van der Waals surface area contributed by atoms with E-state index in [1.54, 1.807) is 24.3 Å². The van der Waals surface area contributed by atoms with E-state index < -0.39 is 11.8 Å². The van der Waals surface area contributed by atoms with Crippen molar-refractivity contribution in [1.29, 1.82) is 0 Å². The standard InChI is InChI=1S/C21H16BrFO4/c1-25-21(24)20-16(23)11-15(22)12-19(20)27-18-10-6-5-9-17(18)26-13-14-7-3-2-4-8-14/h2-12H,13H2,1H3. The lowest BCUT2D eigenvalue weighted by atomic mass is 10.2. The molecule has 0 saturated heterocycles. The van der Waals surface area contributed by atoms with E-state index in [0.29, 0.717) is 22.6 Å². The van der Waals surface area contributed by atoms with E-state index in [1.165, 1.54) is 19.2 Å². The number of hydrogen-bond acceptors (Lipinski definition) is 4. The van der Waals surface area contributed by atoms with Crippen molar-refractivity contribution >= 4 is 21.9 Å². The molecule has 0 bridgehead atoms. The number of carbonyl (C=O) groups is 1. The highest BCUT2D eigenvalue weighted by Crippen LogP contribution is 2.36. The number of carbonyl (C=O) groups excluding carboxylic acids is 1. The van der Waals surface area contributed by atoms with Crippen LogP contribution in [-0.2, 0) is 11.3 Å². The van der Waals surface area contributed by atoms with Gasteiger partial charge in [0.2, 0.25) is 0 Å². The van der Waals surface area contributed by atoms with E-state index >= 15 is 0 Å². The molecule has 0 aromatic heterocycles. The highest BCUT2D eigenvalue weighted by Gasteiger charge is 2.21. The van der Waals surface area contributed by atoms with Gasteiger partial charge in [0, 0.05) is 4.47 Å². The number of esters is 1. The predicted octanol–water partition coefficient (Wildman–Crippen LogP) is 5.75. The van der Waals surface area contributed by atoms with Crippen molar-refractivity contribution in [2.24, 2.45) is 0 Å². The molecule has 0 saturated carbocycles. The highest BCUT2D eigenvalue weighted by atomic mass is 79.9. The van der Waals surface area contributed by atoms with Gasteiger partial charge in [0.15, 0.2) is 11.5 Å². The van der Waals surface area contributed by atoms with Gasteiger partial charge in [-0.2, -0.15) is 0 Å². The van der Waals surface area contributed by atoms with Crippen molar-refractivity contribution in [2.45, 2.75) is 6.61 Å². The molecule has 0 heterocycles. The third-order valence-corrected chi connectivity index (χ3v) is 4.17. The van der Waals surface area contributed by atoms with Crippen LogP contribution in [0.15, 0.2) is 71.2 Å². The Morgan fingerprint density at radius 2 is 1.63 bits per heavy atom. The van der Waals surface area contributed by atoms with Crippen LogP contribution in [0.4, 0.5) is 4.39 Å². The summed E-state index contributed by atoms with van der Waals surface area (Å²) in [5.74, 6) is -0.704. The number of ether oxygens (including phenoxy) is 3. The molecule has 0 aliphatic carbocycles. The van der Waals surface area contributed by atoms with Crippen LogP contribution in [0.3, 0.4) is 0 Å². The average molecular weight is 431 g/mol. The van der Waals surface area contributed by atoms with E-state index in [9.17, 15) is 9.18 Å². The van der Waals surface area contributed by atoms with Gasteiger partial charge in [-0.25, -0.2) is 9.18 Å². The van der Waals surface area contributed by atoms with E-state index in [1.807, 2.05) is 30.3 Å². The topological polar surface area (TPSA) is 44.8 Å². The zero-order valence-corrected chi connectivity index (χ0v) is 16.0. The van der Waals surface area contributed by atoms with Gasteiger partial charge in [-0.1, -0.05) is 58.4 Å². The van der Waals surface area contributed by atoms with Gasteiger partial charge in [0.1, 0.15) is 23.7 Å². The number of para-hydroxylation sites is 2. The van der Waals surface area contributed by atoms with Gasteiger partial charge in [-0.05, 0) is 29.8 Å². The largest absolute Gasteiger partial charge is 0.485 e. The van der Waals surface area contributed by atoms with Crippen LogP contribution in [0.5, 0.6) is 17.2 Å². The molecule has 3 aromatic rings. The fourth-order valence-corrected chi connectivity index (χ4v) is 2.85. The lowest BCUT2D eigenvalue weighted by Crippen LogP contribution is -2.07. The molecule has 0 fully saturated rings. The van der Waals surface area contributed by atoms with Crippen molar-refractivity contribution in [3.05, 3.63) is 88.1 Å². The lowest BCUT2D eigenvalue weighted by molar-refractivity contribution is 0.0592. The molecule has 0 spiro atoms. The molecular formula is C21H16BrFO4. The Kier molecular flexibility index (Phi) is 6.08. The molecule has 0 aliphatic heterocycles. The Morgan fingerprint density at radius 1 is 0.963 bits per heavy atom. The summed E-state index contributed by atoms with van der Waals surface area (Å²) in [6.45, 7) is 0.345. The molecule has 0 amide bonds. The first kappa shape index (κ1) is 18.9. The summed E-state index contributed by atoms with van der Waals surface area (Å²) in [5.41, 5.74) is 0.717. The molecule has 27 heavy (non-hydrogen) atoms. The fourth-order valence-electron chi connectivity index (χ4n) is 2.44. The Morgan fingerprint density at radius 3 is 2.33 bits per heavy atom. The molecule has 3 aromatic carbocycles. The minimum absolute atomic E-state index is 0.0319. The summed E-state index contributed by atoms with van der Waals surface area (Å²) in [4.78, 5) is 12.0. The summed E-state index contributed by atoms with van der Waals surface area (Å²) in [5, 5.41) is 0. The molecule has 138 valence electrons. The number of rotatable bonds is 6. The second-order valence-electron chi connectivity index (χ2n) is 5.58. The SMILES string of the molecule is COC(=O)c1c(F)cc(Br)cc1Oc1ccccc1OCc1ccccc1. The number of hydrogen-bond donors (Lipinski definition) is 0. The van der Waals surface area contributed by atoms with Crippen molar-refractivity contribution in [1.82, 2.24) is 0 Å². The van der Waals surface area contributed by atoms with Gasteiger partial charge in [-0.3, -0.25) is 0 Å². The monoisotopic (exact) mass is 430 g/mol. The van der Waals surface area contributed by atoms with E-state index in [-0.39, 0.29) is 11.3 Å². The third-order valence-electron chi connectivity index (χ3n) is 3.71. The first-order valence-electron chi connectivity index (χ1n) is 8.09. The Labute approximate surface area is 164 Å². The lowest BCUT2D eigenvalue weighted by Gasteiger charge is -2.15. The molecule has 0 atom stereocenters. The summed E-state index contributed by atoms with van der Waals surface area (Å²) in [6, 6.07) is 19.3. The average Bonchev–Trinajstić information content (AvgIpc) is 2.67. The summed E-state index contributed by atoms with van der Waals surface area (Å²) in [6.07, 6.45) is 0. The molecule has 4 nitrogen and oxygen atoms in total. The van der Waals surface area contributed by atoms with Crippen LogP contribution >= 0.6 is 15.9 Å². The fraction of sp³-hybridized carbons (Fsp3) is 0.0952. The molecular weight excluding hydrogens is 415 g/mol. The Balaban J connectivity index is 1.89. The summed E-state index contributed by atoms with van der Waals surface area (Å²) < 4.78 is 31.0. The zero-order valence-electron chi connectivity index (χ0n) is 14.4. The van der Waals surface area contributed by atoms with E-state index in [4.69, 9.17) is 9.47 Å². The van der Waals surface area contributed by atoms with Gasteiger partial charge in [-0.15, -0.1) is 0 Å². The quantitative estimate of drug-likeness (QED) is 0.467. The van der Waals surface area contributed by atoms with Gasteiger partial charge in [0.25, 0.3) is 0 Å². The highest BCUT2D eigenvalue weighted by molar-refractivity contribution is 9.10. The van der Waals surface area contributed by atoms with Gasteiger partial charge in [0.05, 0.1) is 7.11 Å². The number of benzene rings is 3. The molecule has 0 radical (unpaired) electrons. The van der Waals surface area contributed by atoms with Crippen LogP contribution in [0.25, 0.3) is 0 Å². The maximum Gasteiger partial charge on any atom is 0.344 e. The van der Waals surface area contributed by atoms with Crippen LogP contribution in [0, 0.1) is 5.82 Å². The van der Waals surface area contributed by atoms with E-state index in [2.05, 4.69) is 20.7 Å². The van der Waals surface area contributed by atoms with Crippen LogP contribution in [0.2, 0.25) is 0 Å². The molecule has 6 heteroatoms. The predicted molar refractivity (Wildman–Crippen MR) is 103 cm³/mol. The zero-order chi connectivity index (χ0) is 19.2. The van der Waals surface area contributed by atoms with Crippen molar-refractivity contribution in [3.63, 3.8) is 0 Å². The van der Waals surface area contributed by atoms with E-state index in [0.717, 1.165) is 5.56 Å². The van der Waals surface area contributed by atoms with Crippen LogP contribution in [0.1, 0.15) is 15.9 Å². The van der Waals surface area contributed by atoms with Crippen molar-refractivity contribution < 1.29 is 23.4 Å². The molecule has 0 N–H and O–H groups in total. The number of halogens is 2. The maximum absolute atomic E-state index is 14.3. The van der Waals surface area contributed by atoms with Crippen LogP contribution < -0.4 is 9.47 Å². The van der Waals surface area contributed by atoms with Crippen molar-refractivity contribution in [3.8, 4) is 17.2 Å². The second kappa shape index (κ2) is 8.68. The first-order chi connectivity index (χ1) is 13.1. The number of methoxy groups -OCH3 is 1. The van der Waals surface area contributed by atoms with Crippen LogP contribution in [-0.4, -0.2) is 13.1 Å². The van der Waals surface area contributed by atoms with Gasteiger partial charge >= 0.3 is 5.97 Å². The first-order valence-corrected chi connectivity index (χ1v) is 8.88.